The summed E-state index contributed by atoms with van der Waals surface area (Å²) in [5, 5.41) is 13.4. The number of carboxylic acid groups (broad SMARTS) is 1. The highest BCUT2D eigenvalue weighted by molar-refractivity contribution is 5.97. The Hall–Kier alpha value is -3.16. The van der Waals surface area contributed by atoms with Crippen molar-refractivity contribution in [1.82, 2.24) is 9.88 Å². The molecule has 0 saturated carbocycles. The maximum Gasteiger partial charge on any atom is 0.410 e. The molecule has 1 fully saturated rings. The Labute approximate surface area is 168 Å². The maximum absolute atomic E-state index is 12.6. The molecule has 0 spiro atoms. The number of piperidine rings is 1. The number of nitrogens with zero attached hydrogens (tertiary/aromatic N) is 2. The van der Waals surface area contributed by atoms with Gasteiger partial charge >= 0.3 is 12.1 Å². The summed E-state index contributed by atoms with van der Waals surface area (Å²) in [6.07, 6.45) is 2.33. The van der Waals surface area contributed by atoms with Crippen molar-refractivity contribution in [2.24, 2.45) is 5.92 Å². The van der Waals surface area contributed by atoms with Gasteiger partial charge in [0.1, 0.15) is 11.4 Å². The first-order valence-corrected chi connectivity index (χ1v) is 9.54. The molecule has 3 rings (SSSR count). The highest BCUT2D eigenvalue weighted by Gasteiger charge is 2.30. The molecule has 0 bridgehead atoms. The number of fused-ring (bicyclic) bond motifs is 1. The molecule has 2 N–H and O–H groups in total. The molecule has 0 atom stereocenters. The summed E-state index contributed by atoms with van der Waals surface area (Å²) < 4.78 is 5.37. The molecule has 0 unspecified atom stereocenters. The van der Waals surface area contributed by atoms with Crippen LogP contribution < -0.4 is 5.32 Å². The lowest BCUT2D eigenvalue weighted by Gasteiger charge is -2.32. The van der Waals surface area contributed by atoms with Gasteiger partial charge in [0.2, 0.25) is 5.91 Å². The van der Waals surface area contributed by atoms with Crippen LogP contribution in [0.5, 0.6) is 0 Å². The van der Waals surface area contributed by atoms with Gasteiger partial charge in [-0.1, -0.05) is 6.07 Å². The summed E-state index contributed by atoms with van der Waals surface area (Å²) in [4.78, 5) is 41.7. The topological polar surface area (TPSA) is 109 Å². The number of anilines is 1. The molecule has 0 radical (unpaired) electrons. The number of carbonyl (C=O) groups is 3. The number of amides is 2. The van der Waals surface area contributed by atoms with E-state index in [9.17, 15) is 14.4 Å². The smallest absolute Gasteiger partial charge is 0.410 e. The summed E-state index contributed by atoms with van der Waals surface area (Å²) in [6, 6.07) is 6.41. The molecule has 1 aromatic carbocycles. The number of pyridine rings is 1. The van der Waals surface area contributed by atoms with Crippen LogP contribution in [0, 0.1) is 5.92 Å². The number of benzene rings is 1. The van der Waals surface area contributed by atoms with Gasteiger partial charge in [-0.3, -0.25) is 4.79 Å². The van der Waals surface area contributed by atoms with Crippen molar-refractivity contribution in [3.8, 4) is 0 Å². The predicted molar refractivity (Wildman–Crippen MR) is 108 cm³/mol. The largest absolute Gasteiger partial charge is 0.478 e. The molecule has 1 aliphatic rings. The summed E-state index contributed by atoms with van der Waals surface area (Å²) in [6.45, 7) is 6.38. The van der Waals surface area contributed by atoms with E-state index in [-0.39, 0.29) is 23.5 Å². The third kappa shape index (κ3) is 5.22. The second kappa shape index (κ2) is 8.06. The Balaban J connectivity index is 1.61. The van der Waals surface area contributed by atoms with Gasteiger partial charge in [-0.25, -0.2) is 14.6 Å². The van der Waals surface area contributed by atoms with Gasteiger partial charge in [0.15, 0.2) is 0 Å². The molecule has 0 aliphatic carbocycles. The van der Waals surface area contributed by atoms with E-state index >= 15 is 0 Å². The lowest BCUT2D eigenvalue weighted by atomic mass is 9.96. The molecular formula is C21H25N3O5. The van der Waals surface area contributed by atoms with Gasteiger partial charge in [0.05, 0.1) is 5.56 Å². The first-order chi connectivity index (χ1) is 13.6. The molecule has 8 nitrogen and oxygen atoms in total. The fraction of sp³-hybridized carbons (Fsp3) is 0.429. The molecule has 1 saturated heterocycles. The first-order valence-electron chi connectivity index (χ1n) is 9.54. The lowest BCUT2D eigenvalue weighted by molar-refractivity contribution is -0.121. The van der Waals surface area contributed by atoms with E-state index in [1.807, 2.05) is 20.8 Å². The van der Waals surface area contributed by atoms with Crippen LogP contribution in [0.15, 0.2) is 30.5 Å². The zero-order valence-corrected chi connectivity index (χ0v) is 16.8. The predicted octanol–water partition coefficient (Wildman–Crippen LogP) is 3.52. The second-order valence-electron chi connectivity index (χ2n) is 8.17. The van der Waals surface area contributed by atoms with Gasteiger partial charge in [-0.05, 0) is 57.2 Å². The molecule has 29 heavy (non-hydrogen) atoms. The van der Waals surface area contributed by atoms with Crippen molar-refractivity contribution in [2.75, 3.05) is 18.4 Å². The van der Waals surface area contributed by atoms with Crippen molar-refractivity contribution < 1.29 is 24.2 Å². The van der Waals surface area contributed by atoms with Crippen LogP contribution in [0.2, 0.25) is 0 Å². The van der Waals surface area contributed by atoms with Crippen molar-refractivity contribution in [3.05, 3.63) is 36.0 Å². The Morgan fingerprint density at radius 2 is 1.83 bits per heavy atom. The summed E-state index contributed by atoms with van der Waals surface area (Å²) in [7, 11) is 0. The molecule has 154 valence electrons. The van der Waals surface area contributed by atoms with Crippen LogP contribution in [0.1, 0.15) is 44.0 Å². The normalized spacial score (nSPS) is 15.2. The average Bonchev–Trinajstić information content (AvgIpc) is 2.66. The Kier molecular flexibility index (Phi) is 5.72. The minimum Gasteiger partial charge on any atom is -0.478 e. The van der Waals surface area contributed by atoms with Crippen molar-refractivity contribution in [1.29, 1.82) is 0 Å². The molecule has 1 aliphatic heterocycles. The number of carboxylic acids is 1. The van der Waals surface area contributed by atoms with Crippen LogP contribution >= 0.6 is 0 Å². The van der Waals surface area contributed by atoms with Crippen molar-refractivity contribution in [2.45, 2.75) is 39.2 Å². The fourth-order valence-corrected chi connectivity index (χ4v) is 3.22. The van der Waals surface area contributed by atoms with E-state index in [1.54, 1.807) is 29.3 Å². The summed E-state index contributed by atoms with van der Waals surface area (Å²) in [5.41, 5.74) is -0.372. The monoisotopic (exact) mass is 399 g/mol. The Morgan fingerprint density at radius 3 is 2.45 bits per heavy atom. The standard InChI is InChI=1S/C21H25N3O5/c1-21(2,3)29-20(28)24-8-6-13(7-9-24)18(25)23-17-11-16-10-14(19(26)27)4-5-15(16)12-22-17/h4-5,10-13H,6-9H2,1-3H3,(H,26,27)(H,22,23,25). The van der Waals surface area contributed by atoms with Crippen LogP contribution in [0.4, 0.5) is 10.6 Å². The number of hydrogen-bond acceptors (Lipinski definition) is 5. The average molecular weight is 399 g/mol. The molecule has 8 heteroatoms. The SMILES string of the molecule is CC(C)(C)OC(=O)N1CCC(C(=O)Nc2cc3cc(C(=O)O)ccc3cn2)CC1. The highest BCUT2D eigenvalue weighted by Crippen LogP contribution is 2.23. The highest BCUT2D eigenvalue weighted by atomic mass is 16.6. The van der Waals surface area contributed by atoms with E-state index in [0.29, 0.717) is 37.1 Å². The minimum atomic E-state index is -1.01. The van der Waals surface area contributed by atoms with Crippen molar-refractivity contribution in [3.63, 3.8) is 0 Å². The van der Waals surface area contributed by atoms with Gasteiger partial charge < -0.3 is 20.1 Å². The van der Waals surface area contributed by atoms with Crippen molar-refractivity contribution >= 4 is 34.6 Å². The quantitative estimate of drug-likeness (QED) is 0.817. The fourth-order valence-electron chi connectivity index (χ4n) is 3.22. The number of aromatic carboxylic acids is 1. The van der Waals surface area contributed by atoms with Gasteiger partial charge in [0, 0.05) is 30.6 Å². The Bertz CT molecular complexity index is 943. The van der Waals surface area contributed by atoms with Crippen LogP contribution in [0.3, 0.4) is 0 Å². The third-order valence-corrected chi connectivity index (χ3v) is 4.74. The zero-order chi connectivity index (χ0) is 21.2. The molecular weight excluding hydrogens is 374 g/mol. The number of nitrogens with one attached hydrogen (secondary N) is 1. The van der Waals surface area contributed by atoms with E-state index in [0.717, 1.165) is 5.39 Å². The molecule has 2 aromatic rings. The molecule has 1 aromatic heterocycles. The summed E-state index contributed by atoms with van der Waals surface area (Å²) in [5.74, 6) is -1.02. The zero-order valence-electron chi connectivity index (χ0n) is 16.8. The van der Waals surface area contributed by atoms with E-state index in [4.69, 9.17) is 9.84 Å². The van der Waals surface area contributed by atoms with E-state index < -0.39 is 11.6 Å². The van der Waals surface area contributed by atoms with Crippen LogP contribution in [0.25, 0.3) is 10.8 Å². The number of ether oxygens (including phenoxy) is 1. The molecule has 2 amide bonds. The number of carbonyl (C=O) groups excluding carboxylic acids is 2. The number of likely N-dealkylation sites (tertiary alicyclic amines) is 1. The second-order valence-corrected chi connectivity index (χ2v) is 8.17. The molecule has 2 heterocycles. The Morgan fingerprint density at radius 1 is 1.14 bits per heavy atom. The third-order valence-electron chi connectivity index (χ3n) is 4.74. The summed E-state index contributed by atoms with van der Waals surface area (Å²) >= 11 is 0. The van der Waals surface area contributed by atoms with Gasteiger partial charge in [-0.15, -0.1) is 0 Å². The van der Waals surface area contributed by atoms with Crippen LogP contribution in [-0.2, 0) is 9.53 Å². The van der Waals surface area contributed by atoms with Crippen LogP contribution in [-0.4, -0.2) is 51.7 Å². The number of aromatic nitrogens is 1. The van der Waals surface area contributed by atoms with Gasteiger partial charge in [-0.2, -0.15) is 0 Å². The number of rotatable bonds is 3. The first kappa shape index (κ1) is 20.6. The van der Waals surface area contributed by atoms with Gasteiger partial charge in [0.25, 0.3) is 0 Å². The number of hydrogen-bond donors (Lipinski definition) is 2. The maximum atomic E-state index is 12.6. The van der Waals surface area contributed by atoms with E-state index in [1.165, 1.54) is 6.07 Å². The van der Waals surface area contributed by atoms with E-state index in [2.05, 4.69) is 10.3 Å². The lowest BCUT2D eigenvalue weighted by Crippen LogP contribution is -2.43. The minimum absolute atomic E-state index is 0.157.